The van der Waals surface area contributed by atoms with Crippen molar-refractivity contribution in [1.82, 2.24) is 4.90 Å². The highest BCUT2D eigenvalue weighted by atomic mass is 32.1. The van der Waals surface area contributed by atoms with Gasteiger partial charge in [0.05, 0.1) is 11.1 Å². The second kappa shape index (κ2) is 12.8. The summed E-state index contributed by atoms with van der Waals surface area (Å²) < 4.78 is 0. The number of benzene rings is 1. The van der Waals surface area contributed by atoms with Crippen LogP contribution in [0.15, 0.2) is 36.4 Å². The minimum atomic E-state index is -0.716. The van der Waals surface area contributed by atoms with Crippen molar-refractivity contribution in [2.45, 2.75) is 83.3 Å². The number of aryl methyl sites for hydroxylation is 1. The fraction of sp³-hybridized carbons (Fsp3) is 0.583. The lowest BCUT2D eigenvalue weighted by Crippen LogP contribution is -2.32. The topological polar surface area (TPSA) is 60.8 Å². The standard InChI is InChI=1S/C24H35NO3S/c1-2-8-19-9-7-10-20(17-19)18-22(26)14-12-21-13-15-23(29)25(21)16-6-4-3-5-11-24(27)28/h7,9-10,12,14,17,21-22,26H,2-6,8,11,13,15-16,18H2,1H3,(H,27,28)/t21-,22+/m0/s1. The Bertz CT molecular complexity index is 688. The van der Waals surface area contributed by atoms with Gasteiger partial charge >= 0.3 is 5.97 Å². The van der Waals surface area contributed by atoms with Crippen molar-refractivity contribution < 1.29 is 15.0 Å². The molecular weight excluding hydrogens is 382 g/mol. The largest absolute Gasteiger partial charge is 0.481 e. The molecule has 0 saturated carbocycles. The van der Waals surface area contributed by atoms with Crippen LogP contribution in [0.2, 0.25) is 0 Å². The molecule has 1 saturated heterocycles. The summed E-state index contributed by atoms with van der Waals surface area (Å²) in [4.78, 5) is 13.8. The Morgan fingerprint density at radius 2 is 2.03 bits per heavy atom. The maximum atomic E-state index is 10.6. The third-order valence-corrected chi connectivity index (χ3v) is 5.88. The third-order valence-electron chi connectivity index (χ3n) is 5.44. The molecule has 5 heteroatoms. The Kier molecular flexibility index (Phi) is 10.4. The van der Waals surface area contributed by atoms with Crippen LogP contribution in [-0.2, 0) is 17.6 Å². The molecular formula is C24H35NO3S. The van der Waals surface area contributed by atoms with Crippen LogP contribution in [0, 0.1) is 0 Å². The van der Waals surface area contributed by atoms with Crippen LogP contribution in [-0.4, -0.2) is 44.8 Å². The van der Waals surface area contributed by atoms with Crippen LogP contribution in [0.3, 0.4) is 0 Å². The minimum Gasteiger partial charge on any atom is -0.481 e. The molecule has 1 aromatic carbocycles. The van der Waals surface area contributed by atoms with Crippen molar-refractivity contribution >= 4 is 23.2 Å². The number of aliphatic hydroxyl groups excluding tert-OH is 1. The van der Waals surface area contributed by atoms with E-state index in [1.807, 2.05) is 6.08 Å². The van der Waals surface area contributed by atoms with E-state index in [0.717, 1.165) is 62.9 Å². The van der Waals surface area contributed by atoms with Crippen LogP contribution in [0.5, 0.6) is 0 Å². The maximum Gasteiger partial charge on any atom is 0.303 e. The van der Waals surface area contributed by atoms with Gasteiger partial charge in [0, 0.05) is 31.8 Å². The van der Waals surface area contributed by atoms with E-state index >= 15 is 0 Å². The number of aliphatic hydroxyl groups is 1. The molecule has 1 aliphatic rings. The zero-order valence-corrected chi connectivity index (χ0v) is 18.4. The number of thiocarbonyl (C=S) groups is 1. The third kappa shape index (κ3) is 8.67. The van der Waals surface area contributed by atoms with E-state index in [1.54, 1.807) is 0 Å². The minimum absolute atomic E-state index is 0.257. The number of rotatable bonds is 13. The van der Waals surface area contributed by atoms with Crippen molar-refractivity contribution in [1.29, 1.82) is 0 Å². The van der Waals surface area contributed by atoms with E-state index in [1.165, 1.54) is 11.1 Å². The number of carboxylic acids is 1. The second-order valence-electron chi connectivity index (χ2n) is 7.98. The van der Waals surface area contributed by atoms with E-state index in [9.17, 15) is 9.90 Å². The number of carboxylic acid groups (broad SMARTS) is 1. The van der Waals surface area contributed by atoms with Gasteiger partial charge in [0.25, 0.3) is 0 Å². The molecule has 2 atom stereocenters. The average molecular weight is 418 g/mol. The number of hydrogen-bond donors (Lipinski definition) is 2. The van der Waals surface area contributed by atoms with Crippen LogP contribution in [0.25, 0.3) is 0 Å². The lowest BCUT2D eigenvalue weighted by Gasteiger charge is -2.24. The summed E-state index contributed by atoms with van der Waals surface area (Å²) in [5, 5.41) is 19.2. The number of aliphatic carboxylic acids is 1. The van der Waals surface area contributed by atoms with Crippen LogP contribution in [0.1, 0.15) is 69.4 Å². The number of unbranched alkanes of at least 4 members (excludes halogenated alkanes) is 3. The summed E-state index contributed by atoms with van der Waals surface area (Å²) in [6, 6.07) is 8.76. The molecule has 160 valence electrons. The molecule has 0 radical (unpaired) electrons. The number of nitrogens with zero attached hydrogens (tertiary/aromatic N) is 1. The monoisotopic (exact) mass is 417 g/mol. The Labute approximate surface area is 180 Å². The molecule has 0 spiro atoms. The summed E-state index contributed by atoms with van der Waals surface area (Å²) in [5.74, 6) is -0.716. The van der Waals surface area contributed by atoms with E-state index in [4.69, 9.17) is 17.3 Å². The Morgan fingerprint density at radius 3 is 2.79 bits per heavy atom. The molecule has 0 amide bonds. The molecule has 1 heterocycles. The predicted molar refractivity (Wildman–Crippen MR) is 122 cm³/mol. The van der Waals surface area contributed by atoms with Gasteiger partial charge in [-0.1, -0.05) is 74.8 Å². The van der Waals surface area contributed by atoms with Crippen molar-refractivity contribution in [3.63, 3.8) is 0 Å². The molecule has 1 aromatic rings. The average Bonchev–Trinajstić information content (AvgIpc) is 3.03. The van der Waals surface area contributed by atoms with Crippen molar-refractivity contribution in [2.75, 3.05) is 6.54 Å². The molecule has 0 aromatic heterocycles. The zero-order chi connectivity index (χ0) is 21.1. The van der Waals surface area contributed by atoms with Crippen LogP contribution in [0.4, 0.5) is 0 Å². The normalized spacial score (nSPS) is 17.9. The first-order chi connectivity index (χ1) is 14.0. The van der Waals surface area contributed by atoms with Crippen LogP contribution >= 0.6 is 12.2 Å². The van der Waals surface area contributed by atoms with E-state index < -0.39 is 12.1 Å². The number of hydrogen-bond acceptors (Lipinski definition) is 3. The maximum absolute atomic E-state index is 10.6. The SMILES string of the molecule is CCCc1cccc(C[C@H](O)C=C[C@H]2CCC(=S)N2CCCCCCC(=O)O)c1. The fourth-order valence-corrected chi connectivity index (χ4v) is 4.27. The quantitative estimate of drug-likeness (QED) is 0.271. The van der Waals surface area contributed by atoms with Gasteiger partial charge in [-0.25, -0.2) is 0 Å². The predicted octanol–water partition coefficient (Wildman–Crippen LogP) is 4.93. The Morgan fingerprint density at radius 1 is 1.28 bits per heavy atom. The van der Waals surface area contributed by atoms with E-state index in [-0.39, 0.29) is 12.5 Å². The highest BCUT2D eigenvalue weighted by Gasteiger charge is 2.25. The van der Waals surface area contributed by atoms with Gasteiger partial charge < -0.3 is 15.1 Å². The van der Waals surface area contributed by atoms with Crippen LogP contribution < -0.4 is 0 Å². The summed E-state index contributed by atoms with van der Waals surface area (Å²) in [6.07, 6.45) is 12.3. The smallest absolute Gasteiger partial charge is 0.303 e. The molecule has 0 aliphatic carbocycles. The highest BCUT2D eigenvalue weighted by molar-refractivity contribution is 7.80. The molecule has 4 nitrogen and oxygen atoms in total. The van der Waals surface area contributed by atoms with Gasteiger partial charge in [0.1, 0.15) is 0 Å². The summed E-state index contributed by atoms with van der Waals surface area (Å²) in [6.45, 7) is 3.09. The van der Waals surface area contributed by atoms with E-state index in [0.29, 0.717) is 6.42 Å². The zero-order valence-electron chi connectivity index (χ0n) is 17.6. The van der Waals surface area contributed by atoms with Gasteiger partial charge in [-0.2, -0.15) is 0 Å². The van der Waals surface area contributed by atoms with Gasteiger partial charge in [0.2, 0.25) is 0 Å². The molecule has 1 fully saturated rings. The molecule has 2 N–H and O–H groups in total. The van der Waals surface area contributed by atoms with Crippen molar-refractivity contribution in [2.24, 2.45) is 0 Å². The first-order valence-corrected chi connectivity index (χ1v) is 11.4. The Balaban J connectivity index is 1.79. The lowest BCUT2D eigenvalue weighted by atomic mass is 10.0. The number of likely N-dealkylation sites (tertiary alicyclic amines) is 1. The first kappa shape index (κ1) is 23.6. The molecule has 1 aliphatic heterocycles. The van der Waals surface area contributed by atoms with Gasteiger partial charge in [-0.3, -0.25) is 4.79 Å². The summed E-state index contributed by atoms with van der Waals surface area (Å²) in [5.41, 5.74) is 2.50. The molecule has 0 bridgehead atoms. The molecule has 29 heavy (non-hydrogen) atoms. The summed E-state index contributed by atoms with van der Waals surface area (Å²) in [7, 11) is 0. The molecule has 0 unspecified atom stereocenters. The highest BCUT2D eigenvalue weighted by Crippen LogP contribution is 2.22. The van der Waals surface area contributed by atoms with E-state index in [2.05, 4.69) is 42.2 Å². The van der Waals surface area contributed by atoms with Gasteiger partial charge in [-0.15, -0.1) is 0 Å². The Hall–Kier alpha value is -1.72. The first-order valence-electron chi connectivity index (χ1n) is 10.9. The van der Waals surface area contributed by atoms with Gasteiger partial charge in [-0.05, 0) is 36.8 Å². The van der Waals surface area contributed by atoms with Crippen molar-refractivity contribution in [3.05, 3.63) is 47.5 Å². The second-order valence-corrected chi connectivity index (χ2v) is 8.45. The lowest BCUT2D eigenvalue weighted by molar-refractivity contribution is -0.137. The number of carbonyl (C=O) groups is 1. The molecule has 2 rings (SSSR count). The fourth-order valence-electron chi connectivity index (χ4n) is 3.93. The van der Waals surface area contributed by atoms with Crippen molar-refractivity contribution in [3.8, 4) is 0 Å². The van der Waals surface area contributed by atoms with Gasteiger partial charge in [0.15, 0.2) is 0 Å². The summed E-state index contributed by atoms with van der Waals surface area (Å²) >= 11 is 5.53.